The Bertz CT molecular complexity index is 747. The number of hydrogen-bond acceptors (Lipinski definition) is 5. The first kappa shape index (κ1) is 17.1. The second kappa shape index (κ2) is 7.85. The lowest BCUT2D eigenvalue weighted by molar-refractivity contribution is -0.141. The van der Waals surface area contributed by atoms with Crippen molar-refractivity contribution in [1.29, 1.82) is 0 Å². The van der Waals surface area contributed by atoms with E-state index in [0.717, 1.165) is 17.4 Å². The third-order valence-corrected chi connectivity index (χ3v) is 3.96. The average molecular weight is 356 g/mol. The quantitative estimate of drug-likeness (QED) is 0.638. The highest BCUT2D eigenvalue weighted by molar-refractivity contribution is 7.18. The molecular formula is C15H11ClFNO4S. The number of thiophene rings is 1. The number of esters is 1. The van der Waals surface area contributed by atoms with Gasteiger partial charge in [0.25, 0.3) is 5.91 Å². The van der Waals surface area contributed by atoms with E-state index in [-0.39, 0.29) is 11.3 Å². The van der Waals surface area contributed by atoms with Gasteiger partial charge in [-0.25, -0.2) is 4.39 Å². The zero-order valence-corrected chi connectivity index (χ0v) is 13.2. The van der Waals surface area contributed by atoms with Crippen molar-refractivity contribution in [2.45, 2.75) is 0 Å². The molecule has 0 unspecified atom stereocenters. The van der Waals surface area contributed by atoms with Crippen molar-refractivity contribution in [3.05, 3.63) is 57.0 Å². The molecule has 8 heteroatoms. The standard InChI is InChI=1S/C15H11ClFNO4S/c16-13-5-4-12(23-13)11(19)8-22-14(20)7-18-15(21)9-2-1-3-10(17)6-9/h1-6H,7-8H2,(H,18,21). The average Bonchev–Trinajstić information content (AvgIpc) is 2.96. The molecule has 1 amide bonds. The van der Waals surface area contributed by atoms with E-state index in [1.165, 1.54) is 24.3 Å². The Balaban J connectivity index is 1.77. The van der Waals surface area contributed by atoms with Crippen LogP contribution in [0.25, 0.3) is 0 Å². The fraction of sp³-hybridized carbons (Fsp3) is 0.133. The van der Waals surface area contributed by atoms with Crippen molar-refractivity contribution < 1.29 is 23.5 Å². The molecule has 23 heavy (non-hydrogen) atoms. The van der Waals surface area contributed by atoms with Crippen LogP contribution in [0.5, 0.6) is 0 Å². The molecule has 120 valence electrons. The van der Waals surface area contributed by atoms with Crippen molar-refractivity contribution in [2.24, 2.45) is 0 Å². The van der Waals surface area contributed by atoms with Gasteiger partial charge in [0.05, 0.1) is 9.21 Å². The van der Waals surface area contributed by atoms with Crippen LogP contribution in [0.1, 0.15) is 20.0 Å². The third kappa shape index (κ3) is 5.15. The minimum Gasteiger partial charge on any atom is -0.456 e. The topological polar surface area (TPSA) is 72.5 Å². The van der Waals surface area contributed by atoms with E-state index in [4.69, 9.17) is 16.3 Å². The zero-order chi connectivity index (χ0) is 16.8. The number of hydrogen-bond donors (Lipinski definition) is 1. The number of Topliss-reactive ketones (excluding diaryl/α,β-unsaturated/α-hetero) is 1. The first-order chi connectivity index (χ1) is 11.0. The molecule has 0 aliphatic carbocycles. The summed E-state index contributed by atoms with van der Waals surface area (Å²) in [5.41, 5.74) is 0.0853. The summed E-state index contributed by atoms with van der Waals surface area (Å²) in [4.78, 5) is 35.3. The van der Waals surface area contributed by atoms with Crippen LogP contribution in [-0.2, 0) is 9.53 Å². The van der Waals surface area contributed by atoms with Crippen LogP contribution >= 0.6 is 22.9 Å². The van der Waals surface area contributed by atoms with Crippen LogP contribution in [-0.4, -0.2) is 30.8 Å². The van der Waals surface area contributed by atoms with E-state index in [1.807, 2.05) is 0 Å². The van der Waals surface area contributed by atoms with E-state index in [1.54, 1.807) is 6.07 Å². The predicted molar refractivity (Wildman–Crippen MR) is 83.4 cm³/mol. The summed E-state index contributed by atoms with van der Waals surface area (Å²) in [7, 11) is 0. The highest BCUT2D eigenvalue weighted by atomic mass is 35.5. The van der Waals surface area contributed by atoms with E-state index in [2.05, 4.69) is 5.32 Å². The molecule has 0 aliphatic rings. The molecule has 0 spiro atoms. The predicted octanol–water partition coefficient (Wildman–Crippen LogP) is 2.70. The summed E-state index contributed by atoms with van der Waals surface area (Å²) in [5.74, 6) is -2.32. The summed E-state index contributed by atoms with van der Waals surface area (Å²) in [6.07, 6.45) is 0. The minimum absolute atomic E-state index is 0.0853. The van der Waals surface area contributed by atoms with Gasteiger partial charge < -0.3 is 10.1 Å². The Morgan fingerprint density at radius 3 is 2.65 bits per heavy atom. The first-order valence-electron chi connectivity index (χ1n) is 6.43. The van der Waals surface area contributed by atoms with Gasteiger partial charge in [-0.2, -0.15) is 0 Å². The van der Waals surface area contributed by atoms with Crippen LogP contribution in [0, 0.1) is 5.82 Å². The summed E-state index contributed by atoms with van der Waals surface area (Å²) in [5, 5.41) is 2.28. The van der Waals surface area contributed by atoms with Gasteiger partial charge >= 0.3 is 5.97 Å². The summed E-state index contributed by atoms with van der Waals surface area (Å²) in [6, 6.07) is 8.15. The summed E-state index contributed by atoms with van der Waals surface area (Å²) >= 11 is 6.79. The Labute approximate surface area is 140 Å². The number of ketones is 1. The monoisotopic (exact) mass is 355 g/mol. The van der Waals surface area contributed by atoms with Crippen molar-refractivity contribution in [1.82, 2.24) is 5.32 Å². The molecule has 0 bridgehead atoms. The van der Waals surface area contributed by atoms with Crippen LogP contribution in [0.2, 0.25) is 4.34 Å². The number of nitrogens with one attached hydrogen (secondary N) is 1. The van der Waals surface area contributed by atoms with Crippen molar-refractivity contribution in [2.75, 3.05) is 13.2 Å². The number of halogens is 2. The molecule has 0 radical (unpaired) electrons. The summed E-state index contributed by atoms with van der Waals surface area (Å²) in [6.45, 7) is -0.862. The van der Waals surface area contributed by atoms with Gasteiger partial charge in [0, 0.05) is 5.56 Å². The highest BCUT2D eigenvalue weighted by Crippen LogP contribution is 2.21. The van der Waals surface area contributed by atoms with Gasteiger partial charge in [0.2, 0.25) is 5.78 Å². The molecule has 5 nitrogen and oxygen atoms in total. The Morgan fingerprint density at radius 1 is 1.22 bits per heavy atom. The van der Waals surface area contributed by atoms with E-state index in [0.29, 0.717) is 9.21 Å². The maximum Gasteiger partial charge on any atom is 0.325 e. The SMILES string of the molecule is O=C(CNC(=O)c1cccc(F)c1)OCC(=O)c1ccc(Cl)s1. The van der Waals surface area contributed by atoms with Gasteiger partial charge in [-0.05, 0) is 30.3 Å². The van der Waals surface area contributed by atoms with Gasteiger partial charge in [-0.15, -0.1) is 11.3 Å². The maximum atomic E-state index is 13.0. The lowest BCUT2D eigenvalue weighted by Crippen LogP contribution is -2.31. The number of carbonyl (C=O) groups is 3. The molecule has 2 rings (SSSR count). The molecule has 1 N–H and O–H groups in total. The number of amides is 1. The van der Waals surface area contributed by atoms with E-state index in [9.17, 15) is 18.8 Å². The van der Waals surface area contributed by atoms with Gasteiger partial charge in [0.1, 0.15) is 12.4 Å². The first-order valence-corrected chi connectivity index (χ1v) is 7.63. The lowest BCUT2D eigenvalue weighted by Gasteiger charge is -2.06. The molecule has 0 saturated heterocycles. The summed E-state index contributed by atoms with van der Waals surface area (Å²) < 4.78 is 18.2. The third-order valence-electron chi connectivity index (χ3n) is 2.69. The van der Waals surface area contributed by atoms with Crippen LogP contribution in [0.3, 0.4) is 0 Å². The molecule has 1 heterocycles. The number of ether oxygens (including phenoxy) is 1. The smallest absolute Gasteiger partial charge is 0.325 e. The zero-order valence-electron chi connectivity index (χ0n) is 11.7. The van der Waals surface area contributed by atoms with Gasteiger partial charge in [0.15, 0.2) is 6.61 Å². The molecule has 0 aliphatic heterocycles. The van der Waals surface area contributed by atoms with Crippen LogP contribution in [0.15, 0.2) is 36.4 Å². The fourth-order valence-electron chi connectivity index (χ4n) is 1.62. The molecule has 0 saturated carbocycles. The molecule has 0 fully saturated rings. The van der Waals surface area contributed by atoms with Crippen LogP contribution in [0.4, 0.5) is 4.39 Å². The lowest BCUT2D eigenvalue weighted by atomic mass is 10.2. The van der Waals surface area contributed by atoms with E-state index < -0.39 is 30.8 Å². The second-order valence-corrected chi connectivity index (χ2v) is 6.10. The Hall–Kier alpha value is -2.25. The van der Waals surface area contributed by atoms with Crippen molar-refractivity contribution in [3.63, 3.8) is 0 Å². The van der Waals surface area contributed by atoms with Crippen LogP contribution < -0.4 is 5.32 Å². The fourth-order valence-corrected chi connectivity index (χ4v) is 2.58. The Morgan fingerprint density at radius 2 is 2.00 bits per heavy atom. The molecule has 1 aromatic carbocycles. The van der Waals surface area contributed by atoms with Crippen molar-refractivity contribution in [3.8, 4) is 0 Å². The normalized spacial score (nSPS) is 10.2. The molecule has 2 aromatic rings. The van der Waals surface area contributed by atoms with Crippen molar-refractivity contribution >= 4 is 40.6 Å². The Kier molecular flexibility index (Phi) is 5.84. The number of rotatable bonds is 6. The second-order valence-electron chi connectivity index (χ2n) is 4.38. The van der Waals surface area contributed by atoms with E-state index >= 15 is 0 Å². The molecular weight excluding hydrogens is 345 g/mol. The largest absolute Gasteiger partial charge is 0.456 e. The molecule has 1 aromatic heterocycles. The molecule has 0 atom stereocenters. The highest BCUT2D eigenvalue weighted by Gasteiger charge is 2.13. The minimum atomic E-state index is -0.772. The maximum absolute atomic E-state index is 13.0. The van der Waals surface area contributed by atoms with Gasteiger partial charge in [-0.1, -0.05) is 17.7 Å². The number of carbonyl (C=O) groups excluding carboxylic acids is 3. The number of benzene rings is 1. The van der Waals surface area contributed by atoms with Gasteiger partial charge in [-0.3, -0.25) is 14.4 Å².